The molecule has 0 amide bonds. The van der Waals surface area contributed by atoms with E-state index in [1.807, 2.05) is 38.1 Å². The van der Waals surface area contributed by atoms with Crippen molar-refractivity contribution in [2.45, 2.75) is 39.2 Å². The molecule has 20 heavy (non-hydrogen) atoms. The molecule has 2 atom stereocenters. The van der Waals surface area contributed by atoms with Crippen LogP contribution in [0.3, 0.4) is 0 Å². The van der Waals surface area contributed by atoms with Crippen LogP contribution in [-0.2, 0) is 9.53 Å². The second kappa shape index (κ2) is 5.90. The van der Waals surface area contributed by atoms with Crippen LogP contribution in [0, 0.1) is 0 Å². The van der Waals surface area contributed by atoms with E-state index >= 15 is 0 Å². The predicted molar refractivity (Wildman–Crippen MR) is 78.8 cm³/mol. The summed E-state index contributed by atoms with van der Waals surface area (Å²) in [5.74, 6) is -0.811. The lowest BCUT2D eigenvalue weighted by atomic mass is 10.0. The Balaban J connectivity index is 2.41. The highest BCUT2D eigenvalue weighted by Gasteiger charge is 2.21. The summed E-state index contributed by atoms with van der Waals surface area (Å²) < 4.78 is 5.34. The number of ether oxygens (including phenoxy) is 1. The molecule has 2 rings (SSSR count). The largest absolute Gasteiger partial charge is 0.462 e. The maximum Gasteiger partial charge on any atom is 0.314 e. The van der Waals surface area contributed by atoms with Gasteiger partial charge in [-0.2, -0.15) is 0 Å². The molecule has 0 aliphatic heterocycles. The molecule has 0 aliphatic rings. The van der Waals surface area contributed by atoms with Crippen molar-refractivity contribution in [1.82, 2.24) is 4.98 Å². The third-order valence-electron chi connectivity index (χ3n) is 3.47. The number of H-pyrrole nitrogens is 1. The number of fused-ring (bicyclic) bond motifs is 1. The molecule has 4 nitrogen and oxygen atoms in total. The summed E-state index contributed by atoms with van der Waals surface area (Å²) in [5, 5.41) is 1.70. The lowest BCUT2D eigenvalue weighted by molar-refractivity contribution is -0.149. The SMILES string of the molecule is CCC(C)OC(=O)C(C)c1[nH]c(=O)cc2ccccc12. The smallest absolute Gasteiger partial charge is 0.314 e. The molecule has 0 aliphatic carbocycles. The lowest BCUT2D eigenvalue weighted by Gasteiger charge is -2.17. The number of nitrogens with one attached hydrogen (secondary N) is 1. The van der Waals surface area contributed by atoms with Gasteiger partial charge in [-0.25, -0.2) is 0 Å². The van der Waals surface area contributed by atoms with Crippen LogP contribution in [0.1, 0.15) is 38.8 Å². The third kappa shape index (κ3) is 2.90. The number of benzene rings is 1. The highest BCUT2D eigenvalue weighted by atomic mass is 16.5. The van der Waals surface area contributed by atoms with E-state index in [-0.39, 0.29) is 17.6 Å². The Hall–Kier alpha value is -2.10. The average molecular weight is 273 g/mol. The Labute approximate surface area is 117 Å². The van der Waals surface area contributed by atoms with E-state index in [1.165, 1.54) is 6.07 Å². The highest BCUT2D eigenvalue weighted by molar-refractivity contribution is 5.89. The van der Waals surface area contributed by atoms with E-state index in [1.54, 1.807) is 6.92 Å². The number of aromatic nitrogens is 1. The summed E-state index contributed by atoms with van der Waals surface area (Å²) in [7, 11) is 0. The molecule has 0 fully saturated rings. The van der Waals surface area contributed by atoms with Crippen LogP contribution in [0.15, 0.2) is 35.1 Å². The fourth-order valence-electron chi connectivity index (χ4n) is 2.09. The lowest BCUT2D eigenvalue weighted by Crippen LogP contribution is -2.22. The minimum absolute atomic E-state index is 0.119. The van der Waals surface area contributed by atoms with Gasteiger partial charge in [-0.15, -0.1) is 0 Å². The van der Waals surface area contributed by atoms with E-state index in [9.17, 15) is 9.59 Å². The van der Waals surface area contributed by atoms with Crippen molar-refractivity contribution in [2.75, 3.05) is 0 Å². The number of rotatable bonds is 4. The first-order valence-corrected chi connectivity index (χ1v) is 6.85. The molecule has 1 aromatic carbocycles. The number of esters is 1. The molecule has 0 saturated carbocycles. The number of hydrogen-bond acceptors (Lipinski definition) is 3. The van der Waals surface area contributed by atoms with Gasteiger partial charge in [-0.3, -0.25) is 9.59 Å². The van der Waals surface area contributed by atoms with Crippen molar-refractivity contribution in [3.63, 3.8) is 0 Å². The van der Waals surface area contributed by atoms with E-state index in [0.29, 0.717) is 5.69 Å². The van der Waals surface area contributed by atoms with Gasteiger partial charge in [0.05, 0.1) is 12.0 Å². The van der Waals surface area contributed by atoms with Crippen molar-refractivity contribution in [1.29, 1.82) is 0 Å². The van der Waals surface area contributed by atoms with Crippen LogP contribution >= 0.6 is 0 Å². The molecule has 1 N–H and O–H groups in total. The van der Waals surface area contributed by atoms with Crippen LogP contribution < -0.4 is 5.56 Å². The minimum Gasteiger partial charge on any atom is -0.462 e. The highest BCUT2D eigenvalue weighted by Crippen LogP contribution is 2.23. The Kier molecular flexibility index (Phi) is 4.23. The van der Waals surface area contributed by atoms with Gasteiger partial charge in [0.1, 0.15) is 0 Å². The third-order valence-corrected chi connectivity index (χ3v) is 3.47. The van der Waals surface area contributed by atoms with E-state index in [0.717, 1.165) is 17.2 Å². The molecule has 0 radical (unpaired) electrons. The molecule has 2 unspecified atom stereocenters. The zero-order valence-corrected chi connectivity index (χ0v) is 12.0. The van der Waals surface area contributed by atoms with E-state index in [4.69, 9.17) is 4.74 Å². The Morgan fingerprint density at radius 1 is 1.30 bits per heavy atom. The van der Waals surface area contributed by atoms with Crippen LogP contribution in [0.2, 0.25) is 0 Å². The van der Waals surface area contributed by atoms with Gasteiger partial charge in [0.2, 0.25) is 5.56 Å². The molecular weight excluding hydrogens is 254 g/mol. The maximum absolute atomic E-state index is 12.1. The predicted octanol–water partition coefficient (Wildman–Crippen LogP) is 2.97. The van der Waals surface area contributed by atoms with Crippen LogP contribution in [0.5, 0.6) is 0 Å². The minimum atomic E-state index is -0.497. The number of carbonyl (C=O) groups is 1. The molecule has 0 spiro atoms. The van der Waals surface area contributed by atoms with E-state index < -0.39 is 5.92 Å². The maximum atomic E-state index is 12.1. The van der Waals surface area contributed by atoms with Gasteiger partial charge < -0.3 is 9.72 Å². The summed E-state index contributed by atoms with van der Waals surface area (Å²) in [5.41, 5.74) is 0.406. The van der Waals surface area contributed by atoms with Crippen molar-refractivity contribution in [2.24, 2.45) is 0 Å². The molecule has 2 aromatic rings. The fourth-order valence-corrected chi connectivity index (χ4v) is 2.09. The molecular formula is C16H19NO3. The molecule has 0 saturated heterocycles. The normalized spacial score (nSPS) is 13.9. The quantitative estimate of drug-likeness (QED) is 0.871. The second-order valence-electron chi connectivity index (χ2n) is 5.01. The number of carbonyl (C=O) groups excluding carboxylic acids is 1. The zero-order valence-electron chi connectivity index (χ0n) is 12.0. The molecule has 1 aromatic heterocycles. The van der Waals surface area contributed by atoms with Crippen LogP contribution in [-0.4, -0.2) is 17.1 Å². The summed E-state index contributed by atoms with van der Waals surface area (Å²) in [6.07, 6.45) is 0.650. The summed E-state index contributed by atoms with van der Waals surface area (Å²) in [6, 6.07) is 9.05. The Bertz CT molecular complexity index is 675. The summed E-state index contributed by atoms with van der Waals surface area (Å²) in [6.45, 7) is 5.57. The molecule has 4 heteroatoms. The number of pyridine rings is 1. The van der Waals surface area contributed by atoms with Crippen LogP contribution in [0.25, 0.3) is 10.8 Å². The molecule has 106 valence electrons. The topological polar surface area (TPSA) is 59.2 Å². The van der Waals surface area contributed by atoms with Crippen molar-refractivity contribution < 1.29 is 9.53 Å². The zero-order chi connectivity index (χ0) is 14.7. The van der Waals surface area contributed by atoms with Gasteiger partial charge in [0, 0.05) is 17.1 Å². The number of aromatic amines is 1. The first-order chi connectivity index (χ1) is 9.52. The summed E-state index contributed by atoms with van der Waals surface area (Å²) >= 11 is 0. The molecule has 0 bridgehead atoms. The summed E-state index contributed by atoms with van der Waals surface area (Å²) in [4.78, 5) is 26.6. The second-order valence-corrected chi connectivity index (χ2v) is 5.01. The van der Waals surface area contributed by atoms with Gasteiger partial charge in [0.15, 0.2) is 0 Å². The van der Waals surface area contributed by atoms with Gasteiger partial charge >= 0.3 is 5.97 Å². The average Bonchev–Trinajstić information content (AvgIpc) is 2.45. The van der Waals surface area contributed by atoms with Crippen LogP contribution in [0.4, 0.5) is 0 Å². The van der Waals surface area contributed by atoms with Gasteiger partial charge in [-0.05, 0) is 25.7 Å². The first kappa shape index (κ1) is 14.3. The van der Waals surface area contributed by atoms with E-state index in [2.05, 4.69) is 4.98 Å². The Morgan fingerprint density at radius 2 is 2.00 bits per heavy atom. The van der Waals surface area contributed by atoms with Gasteiger partial charge in [-0.1, -0.05) is 31.2 Å². The molecule has 1 heterocycles. The van der Waals surface area contributed by atoms with Crippen molar-refractivity contribution in [3.05, 3.63) is 46.4 Å². The monoisotopic (exact) mass is 273 g/mol. The fraction of sp³-hybridized carbons (Fsp3) is 0.375. The van der Waals surface area contributed by atoms with Crippen molar-refractivity contribution in [3.8, 4) is 0 Å². The standard InChI is InChI=1S/C16H19NO3/c1-4-10(2)20-16(19)11(3)15-13-8-6-5-7-12(13)9-14(18)17-15/h5-11H,4H2,1-3H3,(H,17,18). The Morgan fingerprint density at radius 3 is 2.70 bits per heavy atom. The van der Waals surface area contributed by atoms with Crippen molar-refractivity contribution >= 4 is 16.7 Å². The number of hydrogen-bond donors (Lipinski definition) is 1. The first-order valence-electron chi connectivity index (χ1n) is 6.85. The van der Waals surface area contributed by atoms with Gasteiger partial charge in [0.25, 0.3) is 0 Å².